The van der Waals surface area contributed by atoms with Crippen LogP contribution >= 0.6 is 0 Å². The van der Waals surface area contributed by atoms with Crippen LogP contribution < -0.4 is 0 Å². The van der Waals surface area contributed by atoms with Crippen molar-refractivity contribution in [3.63, 3.8) is 0 Å². The predicted molar refractivity (Wildman–Crippen MR) is 331 cm³/mol. The molecule has 6 atom stereocenters. The first-order chi connectivity index (χ1) is 39.6. The van der Waals surface area contributed by atoms with Gasteiger partial charge in [0.25, 0.3) is 0 Å². The Hall–Kier alpha value is -2.54. The molecule has 1 fully saturated rings. The van der Waals surface area contributed by atoms with Gasteiger partial charge in [-0.25, -0.2) is 4.79 Å². The van der Waals surface area contributed by atoms with Crippen LogP contribution in [0.15, 0.2) is 12.2 Å². The van der Waals surface area contributed by atoms with Crippen LogP contribution in [0.2, 0.25) is 0 Å². The van der Waals surface area contributed by atoms with Crippen LogP contribution in [0.3, 0.4) is 0 Å². The summed E-state index contributed by atoms with van der Waals surface area (Å²) in [6.45, 7) is 6.07. The van der Waals surface area contributed by atoms with Crippen molar-refractivity contribution in [2.24, 2.45) is 0 Å². The van der Waals surface area contributed by atoms with Crippen LogP contribution in [0.4, 0.5) is 0 Å². The van der Waals surface area contributed by atoms with Gasteiger partial charge in [0.05, 0.1) is 6.61 Å². The highest BCUT2D eigenvalue weighted by Crippen LogP contribution is 2.27. The highest BCUT2D eigenvalue weighted by atomic mass is 16.7. The lowest BCUT2D eigenvalue weighted by Gasteiger charge is -2.40. The van der Waals surface area contributed by atoms with E-state index in [9.17, 15) is 34.5 Å². The number of carbonyl (C=O) groups is 4. The zero-order valence-corrected chi connectivity index (χ0v) is 52.8. The third kappa shape index (κ3) is 47.4. The smallest absolute Gasteiger partial charge is 0.335 e. The largest absolute Gasteiger partial charge is 0.479 e. The normalized spacial score (nSPS) is 17.7. The van der Waals surface area contributed by atoms with E-state index >= 15 is 0 Å². The molecule has 0 aliphatic carbocycles. The molecule has 0 bridgehead atoms. The molecule has 0 radical (unpaired) electrons. The molecule has 0 spiro atoms. The summed E-state index contributed by atoms with van der Waals surface area (Å²) in [5.74, 6) is -3.07. The second kappa shape index (κ2) is 57.9. The molecule has 3 N–H and O–H groups in total. The van der Waals surface area contributed by atoms with Gasteiger partial charge in [-0.1, -0.05) is 303 Å². The molecule has 12 nitrogen and oxygen atoms in total. The van der Waals surface area contributed by atoms with Gasteiger partial charge >= 0.3 is 23.9 Å². The number of hydrogen-bond acceptors (Lipinski definition) is 11. The molecule has 1 aliphatic rings. The van der Waals surface area contributed by atoms with E-state index in [1.807, 2.05) is 0 Å². The minimum Gasteiger partial charge on any atom is -0.479 e. The fourth-order valence-corrected chi connectivity index (χ4v) is 11.0. The number of aliphatic hydroxyl groups excluding tert-OH is 2. The Balaban J connectivity index is 2.61. The summed E-state index contributed by atoms with van der Waals surface area (Å²) in [4.78, 5) is 51.4. The summed E-state index contributed by atoms with van der Waals surface area (Å²) in [5.41, 5.74) is 0. The lowest BCUT2D eigenvalue weighted by Crippen LogP contribution is -2.61. The molecule has 12 heteroatoms. The second-order valence-corrected chi connectivity index (χ2v) is 24.2. The molecule has 1 rings (SSSR count). The number of carboxylic acids is 1. The Kier molecular flexibility index (Phi) is 54.6. The van der Waals surface area contributed by atoms with Crippen molar-refractivity contribution in [2.45, 2.75) is 391 Å². The van der Waals surface area contributed by atoms with E-state index in [-0.39, 0.29) is 25.9 Å². The molecule has 1 heterocycles. The number of aliphatic carboxylic acids is 1. The highest BCUT2D eigenvalue weighted by Gasteiger charge is 2.50. The molecule has 81 heavy (non-hydrogen) atoms. The number of allylic oxidation sites excluding steroid dienone is 2. The second-order valence-electron chi connectivity index (χ2n) is 24.2. The predicted octanol–water partition coefficient (Wildman–Crippen LogP) is 18.8. The van der Waals surface area contributed by atoms with Crippen molar-refractivity contribution >= 4 is 23.9 Å². The van der Waals surface area contributed by atoms with Gasteiger partial charge in [-0.2, -0.15) is 0 Å². The number of aliphatic hydroxyl groups is 2. The molecule has 0 amide bonds. The van der Waals surface area contributed by atoms with Crippen LogP contribution in [0.1, 0.15) is 355 Å². The minimum absolute atomic E-state index is 0.0694. The Labute approximate surface area is 496 Å². The van der Waals surface area contributed by atoms with Crippen molar-refractivity contribution < 1.29 is 58.2 Å². The number of unbranched alkanes of at least 4 members (excludes halogenated alkanes) is 45. The van der Waals surface area contributed by atoms with Crippen molar-refractivity contribution in [3.05, 3.63) is 12.2 Å². The molecule has 0 saturated carbocycles. The molecular formula is C69H128O12. The van der Waals surface area contributed by atoms with Gasteiger partial charge in [-0.05, 0) is 44.9 Å². The summed E-state index contributed by atoms with van der Waals surface area (Å²) in [6, 6.07) is 0. The number of rotatable bonds is 61. The molecule has 0 aromatic heterocycles. The summed E-state index contributed by atoms with van der Waals surface area (Å²) in [5, 5.41) is 31.6. The Morgan fingerprint density at radius 2 is 0.704 bits per heavy atom. The first kappa shape index (κ1) is 76.5. The molecule has 6 unspecified atom stereocenters. The van der Waals surface area contributed by atoms with Crippen molar-refractivity contribution in [1.29, 1.82) is 0 Å². The molecule has 1 saturated heterocycles. The first-order valence-electron chi connectivity index (χ1n) is 34.7. The summed E-state index contributed by atoms with van der Waals surface area (Å²) in [7, 11) is 0. The summed E-state index contributed by atoms with van der Waals surface area (Å²) >= 11 is 0. The average Bonchev–Trinajstić information content (AvgIpc) is 3.53. The number of esters is 3. The maximum Gasteiger partial charge on any atom is 0.335 e. The van der Waals surface area contributed by atoms with E-state index in [0.29, 0.717) is 19.3 Å². The molecule has 0 aromatic rings. The minimum atomic E-state index is -1.90. The van der Waals surface area contributed by atoms with Crippen LogP contribution in [0.5, 0.6) is 0 Å². The van der Waals surface area contributed by atoms with Gasteiger partial charge in [0.15, 0.2) is 24.6 Å². The maximum absolute atomic E-state index is 13.2. The average molecular weight is 1150 g/mol. The van der Waals surface area contributed by atoms with E-state index in [0.717, 1.165) is 57.8 Å². The maximum atomic E-state index is 13.2. The zero-order chi connectivity index (χ0) is 58.9. The topological polar surface area (TPSA) is 175 Å². The van der Waals surface area contributed by atoms with E-state index in [1.54, 1.807) is 0 Å². The van der Waals surface area contributed by atoms with Gasteiger partial charge in [-0.15, -0.1) is 0 Å². The van der Waals surface area contributed by atoms with Crippen LogP contribution in [-0.4, -0.2) is 89.2 Å². The van der Waals surface area contributed by atoms with Crippen molar-refractivity contribution in [1.82, 2.24) is 0 Å². The molecule has 0 aromatic carbocycles. The Morgan fingerprint density at radius 3 is 1.05 bits per heavy atom. The van der Waals surface area contributed by atoms with Crippen LogP contribution in [0, 0.1) is 0 Å². The summed E-state index contributed by atoms with van der Waals surface area (Å²) < 4.78 is 28.6. The molecular weight excluding hydrogens is 1020 g/mol. The summed E-state index contributed by atoms with van der Waals surface area (Å²) in [6.07, 6.45) is 54.5. The molecule has 476 valence electrons. The quantitative estimate of drug-likeness (QED) is 0.0228. The van der Waals surface area contributed by atoms with E-state index in [2.05, 4.69) is 32.9 Å². The monoisotopic (exact) mass is 1150 g/mol. The van der Waals surface area contributed by atoms with Crippen molar-refractivity contribution in [2.75, 3.05) is 13.2 Å². The fraction of sp³-hybridized carbons (Fsp3) is 0.913. The third-order valence-electron chi connectivity index (χ3n) is 16.3. The standard InChI is InChI=1S/C69H128O12/c1-4-7-10-13-16-19-22-25-28-30-31-33-35-37-40-43-46-49-52-55-61(70)77-58-60(79-62(71)56-53-50-47-44-41-39-36-32-29-26-23-20-17-14-11-8-5-2)59-78-69-67(65(74)64(73)66(81-69)68(75)76)80-63(72)57-54-51-48-45-42-38-34-27-24-21-18-15-12-9-6-3/h25,28,60,64-67,69,73-74H,4-24,26-27,29-59H2,1-3H3,(H,75,76)/b28-25-. The lowest BCUT2D eigenvalue weighted by atomic mass is 9.98. The van der Waals surface area contributed by atoms with Gasteiger partial charge in [0.1, 0.15) is 18.8 Å². The third-order valence-corrected chi connectivity index (χ3v) is 16.3. The van der Waals surface area contributed by atoms with E-state index < -0.39 is 67.3 Å². The van der Waals surface area contributed by atoms with Gasteiger partial charge in [0, 0.05) is 19.3 Å². The first-order valence-corrected chi connectivity index (χ1v) is 34.7. The number of hydrogen-bond donors (Lipinski definition) is 3. The molecule has 1 aliphatic heterocycles. The zero-order valence-electron chi connectivity index (χ0n) is 52.8. The lowest BCUT2D eigenvalue weighted by molar-refractivity contribution is -0.301. The van der Waals surface area contributed by atoms with Gasteiger partial charge in [0.2, 0.25) is 0 Å². The van der Waals surface area contributed by atoms with Crippen LogP contribution in [-0.2, 0) is 42.9 Å². The van der Waals surface area contributed by atoms with E-state index in [4.69, 9.17) is 23.7 Å². The van der Waals surface area contributed by atoms with E-state index in [1.165, 1.54) is 238 Å². The van der Waals surface area contributed by atoms with Crippen LogP contribution in [0.25, 0.3) is 0 Å². The fourth-order valence-electron chi connectivity index (χ4n) is 11.0. The number of ether oxygens (including phenoxy) is 5. The van der Waals surface area contributed by atoms with Gasteiger partial charge < -0.3 is 39.0 Å². The van der Waals surface area contributed by atoms with Crippen molar-refractivity contribution in [3.8, 4) is 0 Å². The number of carbonyl (C=O) groups excluding carboxylic acids is 3. The number of carboxylic acid groups (broad SMARTS) is 1. The highest BCUT2D eigenvalue weighted by molar-refractivity contribution is 5.74. The Bertz CT molecular complexity index is 1460. The Morgan fingerprint density at radius 1 is 0.395 bits per heavy atom. The SMILES string of the molecule is CCCCCCCC/C=C\CCCCCCCCCCCC(=O)OCC(COC1OC(C(=O)O)C(O)C(O)C1OC(=O)CCCCCCCCCCCCCCCCC)OC(=O)CCCCCCCCCCCCCCCCCCC. The van der Waals surface area contributed by atoms with Gasteiger partial charge in [-0.3, -0.25) is 14.4 Å².